The molecule has 0 N–H and O–H groups in total. The van der Waals surface area contributed by atoms with Crippen molar-refractivity contribution in [1.82, 2.24) is 4.90 Å². The van der Waals surface area contributed by atoms with Crippen LogP contribution in [0.5, 0.6) is 0 Å². The molecule has 3 nitrogen and oxygen atoms in total. The van der Waals surface area contributed by atoms with Gasteiger partial charge in [-0.05, 0) is 49.0 Å². The van der Waals surface area contributed by atoms with Crippen LogP contribution in [0.25, 0.3) is 0 Å². The Labute approximate surface area is 136 Å². The molecule has 4 heteroatoms. The Morgan fingerprint density at radius 2 is 2.29 bits per heavy atom. The third-order valence-electron chi connectivity index (χ3n) is 5.66. The van der Waals surface area contributed by atoms with Gasteiger partial charge in [-0.1, -0.05) is 35.4 Å². The molecule has 1 unspecified atom stereocenters. The van der Waals surface area contributed by atoms with Crippen LogP contribution >= 0.6 is 15.9 Å². The molecule has 0 saturated carbocycles. The lowest BCUT2D eigenvalue weighted by molar-refractivity contribution is -0.154. The number of halogens is 1. The molecule has 2 aliphatic heterocycles. The summed E-state index contributed by atoms with van der Waals surface area (Å²) in [4.78, 5) is 15.1. The summed E-state index contributed by atoms with van der Waals surface area (Å²) in [7, 11) is 0. The Hall–Kier alpha value is -0.350. The average Bonchev–Trinajstić information content (AvgIpc) is 2.47. The molecule has 2 fully saturated rings. The monoisotopic (exact) mass is 355 g/mol. The highest BCUT2D eigenvalue weighted by Gasteiger charge is 2.47. The van der Waals surface area contributed by atoms with Crippen molar-refractivity contribution < 1.29 is 9.53 Å². The summed E-state index contributed by atoms with van der Waals surface area (Å²) in [5, 5.41) is 0. The second-order valence-corrected chi connectivity index (χ2v) is 7.74. The van der Waals surface area contributed by atoms with E-state index >= 15 is 0 Å². The van der Waals surface area contributed by atoms with Gasteiger partial charge in [0.15, 0.2) is 0 Å². The van der Waals surface area contributed by atoms with Gasteiger partial charge in [-0.3, -0.25) is 9.69 Å². The number of hydrogen-bond acceptors (Lipinski definition) is 3. The number of allylic oxidation sites excluding steroid dienone is 1. The van der Waals surface area contributed by atoms with E-state index in [4.69, 9.17) is 4.74 Å². The molecular weight excluding hydrogens is 330 g/mol. The number of piperidine rings is 2. The van der Waals surface area contributed by atoms with Gasteiger partial charge in [0.1, 0.15) is 0 Å². The first-order valence-corrected chi connectivity index (χ1v) is 9.19. The minimum atomic E-state index is 0.00862. The Balaban J connectivity index is 1.84. The summed E-state index contributed by atoms with van der Waals surface area (Å²) in [6.07, 6.45) is 7.51. The summed E-state index contributed by atoms with van der Waals surface area (Å²) in [6, 6.07) is 0.689. The quantitative estimate of drug-likeness (QED) is 0.709. The maximum atomic E-state index is 12.5. The minimum Gasteiger partial charge on any atom is -0.466 e. The SMILES string of the molecule is CCOC(=O)[C@H]1[C@@H]2CC3CCCCN3C[C@@H]2C=C(Br)[C@@H]1C. The number of nitrogens with zero attached hydrogens (tertiary/aromatic N) is 1. The fourth-order valence-corrected chi connectivity index (χ4v) is 5.19. The molecule has 3 aliphatic rings. The molecule has 0 aromatic heterocycles. The van der Waals surface area contributed by atoms with Gasteiger partial charge in [0.2, 0.25) is 0 Å². The molecule has 0 radical (unpaired) electrons. The highest BCUT2D eigenvalue weighted by molar-refractivity contribution is 9.11. The zero-order valence-corrected chi connectivity index (χ0v) is 14.6. The van der Waals surface area contributed by atoms with Gasteiger partial charge in [-0.15, -0.1) is 0 Å². The van der Waals surface area contributed by atoms with E-state index in [0.29, 0.717) is 24.5 Å². The van der Waals surface area contributed by atoms with Crippen molar-refractivity contribution >= 4 is 21.9 Å². The van der Waals surface area contributed by atoms with Gasteiger partial charge in [-0.25, -0.2) is 0 Å². The molecule has 118 valence electrons. The fourth-order valence-electron chi connectivity index (χ4n) is 4.57. The predicted octanol–water partition coefficient (Wildman–Crippen LogP) is 3.58. The zero-order chi connectivity index (χ0) is 15.0. The van der Waals surface area contributed by atoms with Crippen LogP contribution in [0, 0.1) is 23.7 Å². The summed E-state index contributed by atoms with van der Waals surface area (Å²) < 4.78 is 6.58. The molecule has 0 bridgehead atoms. The van der Waals surface area contributed by atoms with E-state index in [1.165, 1.54) is 30.3 Å². The van der Waals surface area contributed by atoms with E-state index in [2.05, 4.69) is 33.8 Å². The summed E-state index contributed by atoms with van der Waals surface area (Å²) in [5.41, 5.74) is 0. The maximum absolute atomic E-state index is 12.5. The molecular formula is C17H26BrNO2. The molecule has 0 amide bonds. The molecule has 21 heavy (non-hydrogen) atoms. The number of fused-ring (bicyclic) bond motifs is 2. The van der Waals surface area contributed by atoms with Gasteiger partial charge in [0.05, 0.1) is 12.5 Å². The van der Waals surface area contributed by atoms with E-state index in [1.807, 2.05) is 6.92 Å². The first kappa shape index (κ1) is 15.5. The first-order chi connectivity index (χ1) is 10.1. The van der Waals surface area contributed by atoms with E-state index in [9.17, 15) is 4.79 Å². The molecule has 0 spiro atoms. The summed E-state index contributed by atoms with van der Waals surface area (Å²) in [6.45, 7) is 6.89. The Bertz CT molecular complexity index is 437. The normalized spacial score (nSPS) is 40.0. The fraction of sp³-hybridized carbons (Fsp3) is 0.824. The third-order valence-corrected chi connectivity index (χ3v) is 6.64. The van der Waals surface area contributed by atoms with Crippen LogP contribution in [-0.2, 0) is 9.53 Å². The van der Waals surface area contributed by atoms with Crippen LogP contribution in [0.15, 0.2) is 10.6 Å². The largest absolute Gasteiger partial charge is 0.466 e. The number of ether oxygens (including phenoxy) is 1. The topological polar surface area (TPSA) is 29.5 Å². The van der Waals surface area contributed by atoms with E-state index in [1.54, 1.807) is 0 Å². The van der Waals surface area contributed by atoms with E-state index in [0.717, 1.165) is 13.0 Å². The van der Waals surface area contributed by atoms with Crippen molar-refractivity contribution in [2.24, 2.45) is 23.7 Å². The second-order valence-electron chi connectivity index (χ2n) is 6.83. The van der Waals surface area contributed by atoms with Crippen molar-refractivity contribution in [3.05, 3.63) is 10.6 Å². The Morgan fingerprint density at radius 3 is 3.05 bits per heavy atom. The van der Waals surface area contributed by atoms with E-state index < -0.39 is 0 Å². The Kier molecular flexibility index (Phi) is 4.75. The highest BCUT2D eigenvalue weighted by Crippen LogP contribution is 2.47. The number of hydrogen-bond donors (Lipinski definition) is 0. The average molecular weight is 356 g/mol. The molecule has 2 heterocycles. The predicted molar refractivity (Wildman–Crippen MR) is 87.1 cm³/mol. The molecule has 2 saturated heterocycles. The second kappa shape index (κ2) is 6.41. The number of carbonyl (C=O) groups is 1. The van der Waals surface area contributed by atoms with Gasteiger partial charge in [0, 0.05) is 18.5 Å². The van der Waals surface area contributed by atoms with Gasteiger partial charge < -0.3 is 4.74 Å². The zero-order valence-electron chi connectivity index (χ0n) is 13.1. The number of rotatable bonds is 2. The Morgan fingerprint density at radius 1 is 1.48 bits per heavy atom. The van der Waals surface area contributed by atoms with Crippen molar-refractivity contribution in [2.45, 2.75) is 45.6 Å². The van der Waals surface area contributed by atoms with Crippen LogP contribution in [0.1, 0.15) is 39.5 Å². The van der Waals surface area contributed by atoms with Gasteiger partial charge >= 0.3 is 5.97 Å². The lowest BCUT2D eigenvalue weighted by Gasteiger charge is -2.50. The molecule has 3 rings (SSSR count). The number of carbonyl (C=O) groups excluding carboxylic acids is 1. The van der Waals surface area contributed by atoms with Crippen LogP contribution in [0.3, 0.4) is 0 Å². The highest BCUT2D eigenvalue weighted by atomic mass is 79.9. The lowest BCUT2D eigenvalue weighted by Crippen LogP contribution is -2.53. The lowest BCUT2D eigenvalue weighted by atomic mass is 9.65. The third kappa shape index (κ3) is 2.94. The molecule has 0 aromatic rings. The first-order valence-electron chi connectivity index (χ1n) is 8.39. The van der Waals surface area contributed by atoms with Crippen molar-refractivity contribution in [2.75, 3.05) is 19.7 Å². The maximum Gasteiger partial charge on any atom is 0.309 e. The van der Waals surface area contributed by atoms with Crippen LogP contribution < -0.4 is 0 Å². The van der Waals surface area contributed by atoms with Crippen molar-refractivity contribution in [3.63, 3.8) is 0 Å². The van der Waals surface area contributed by atoms with Gasteiger partial charge in [-0.2, -0.15) is 0 Å². The van der Waals surface area contributed by atoms with Crippen molar-refractivity contribution in [3.8, 4) is 0 Å². The molecule has 1 aliphatic carbocycles. The molecule has 5 atom stereocenters. The molecule has 0 aromatic carbocycles. The summed E-state index contributed by atoms with van der Waals surface area (Å²) >= 11 is 3.70. The minimum absolute atomic E-state index is 0.00862. The van der Waals surface area contributed by atoms with Gasteiger partial charge in [0.25, 0.3) is 0 Å². The van der Waals surface area contributed by atoms with Crippen LogP contribution in [-0.4, -0.2) is 36.6 Å². The standard InChI is InChI=1S/C17H26BrNO2/c1-3-21-17(20)16-11(2)15(18)8-12-10-19-7-5-4-6-13(19)9-14(12)16/h8,11-14,16H,3-7,9-10H2,1-2H3/t11-,12-,13?,14+,16+/m0/s1. The van der Waals surface area contributed by atoms with Crippen LogP contribution in [0.4, 0.5) is 0 Å². The van der Waals surface area contributed by atoms with E-state index in [-0.39, 0.29) is 17.8 Å². The smallest absolute Gasteiger partial charge is 0.309 e. The van der Waals surface area contributed by atoms with Crippen molar-refractivity contribution in [1.29, 1.82) is 0 Å². The number of esters is 1. The van der Waals surface area contributed by atoms with Crippen LogP contribution in [0.2, 0.25) is 0 Å². The summed E-state index contributed by atoms with van der Waals surface area (Å²) in [5.74, 6) is 1.24.